The molecule has 130 valence electrons. The van der Waals surface area contributed by atoms with Crippen molar-refractivity contribution >= 4 is 15.1 Å². The number of fused-ring (bicyclic) bond motifs is 3. The molecule has 4 aliphatic rings. The molecule has 1 aliphatic heterocycles. The summed E-state index contributed by atoms with van der Waals surface area (Å²) in [6.45, 7) is 7.87. The lowest BCUT2D eigenvalue weighted by molar-refractivity contribution is -0.126. The number of nitrogens with one attached hydrogen (secondary N) is 1. The Morgan fingerprint density at radius 1 is 1.33 bits per heavy atom. The van der Waals surface area contributed by atoms with E-state index < -0.39 is 10.0 Å². The van der Waals surface area contributed by atoms with Gasteiger partial charge in [-0.1, -0.05) is 20.8 Å². The Hall–Kier alpha value is -1.27. The third-order valence-corrected chi connectivity index (χ3v) is 8.20. The number of hydrogen-bond donors (Lipinski definition) is 1. The van der Waals surface area contributed by atoms with Gasteiger partial charge in [-0.15, -0.1) is 0 Å². The summed E-state index contributed by atoms with van der Waals surface area (Å²) in [6.07, 6.45) is 4.11. The minimum atomic E-state index is -3.57. The SMILES string of the molecule is C[C@H]1[C@H](CNS(=O)(=O)C2=NCc3ncccc32)C[C@@H]2C[C@H]1C2(C)C. The number of rotatable bonds is 3. The van der Waals surface area contributed by atoms with E-state index in [0.29, 0.717) is 35.9 Å². The quantitative estimate of drug-likeness (QED) is 0.913. The molecule has 2 bridgehead atoms. The predicted molar refractivity (Wildman–Crippen MR) is 94.0 cm³/mol. The van der Waals surface area contributed by atoms with Crippen LogP contribution in [0.25, 0.3) is 0 Å². The molecule has 4 atom stereocenters. The van der Waals surface area contributed by atoms with Gasteiger partial charge >= 0.3 is 0 Å². The molecule has 24 heavy (non-hydrogen) atoms. The zero-order valence-corrected chi connectivity index (χ0v) is 15.3. The second-order valence-corrected chi connectivity index (χ2v) is 9.87. The zero-order valence-electron chi connectivity index (χ0n) is 14.5. The standard InChI is InChI=1S/C18H25N3O2S/c1-11-12(7-13-8-15(11)18(13,2)3)9-21-24(22,23)17-14-5-4-6-19-16(14)10-20-17/h4-6,11-13,15,21H,7-10H2,1-3H3/t11-,12-,13+,15+/m0/s1. The summed E-state index contributed by atoms with van der Waals surface area (Å²) in [5.74, 6) is 2.44. The fraction of sp³-hybridized carbons (Fsp3) is 0.667. The molecule has 0 saturated heterocycles. The Balaban J connectivity index is 1.45. The highest BCUT2D eigenvalue weighted by Gasteiger charge is 2.56. The summed E-state index contributed by atoms with van der Waals surface area (Å²) < 4.78 is 28.2. The van der Waals surface area contributed by atoms with Crippen molar-refractivity contribution in [3.8, 4) is 0 Å². The summed E-state index contributed by atoms with van der Waals surface area (Å²) in [7, 11) is -3.57. The van der Waals surface area contributed by atoms with Crippen LogP contribution in [0.3, 0.4) is 0 Å². The molecular weight excluding hydrogens is 322 g/mol. The predicted octanol–water partition coefficient (Wildman–Crippen LogP) is 2.58. The van der Waals surface area contributed by atoms with Crippen molar-refractivity contribution in [1.82, 2.24) is 9.71 Å². The van der Waals surface area contributed by atoms with Gasteiger partial charge in [-0.25, -0.2) is 13.1 Å². The second-order valence-electron chi connectivity index (χ2n) is 8.19. The minimum absolute atomic E-state index is 0.152. The second kappa shape index (κ2) is 5.36. The topological polar surface area (TPSA) is 71.4 Å². The van der Waals surface area contributed by atoms with Crippen molar-refractivity contribution in [1.29, 1.82) is 0 Å². The number of pyridine rings is 1. The van der Waals surface area contributed by atoms with Crippen molar-refractivity contribution in [2.45, 2.75) is 40.2 Å². The molecule has 0 amide bonds. The maximum Gasteiger partial charge on any atom is 0.258 e. The van der Waals surface area contributed by atoms with Crippen molar-refractivity contribution in [2.24, 2.45) is 34.1 Å². The molecule has 0 aromatic carbocycles. The highest BCUT2D eigenvalue weighted by molar-refractivity contribution is 8.05. The number of aromatic nitrogens is 1. The molecule has 0 spiro atoms. The van der Waals surface area contributed by atoms with Gasteiger partial charge in [-0.2, -0.15) is 0 Å². The highest BCUT2D eigenvalue weighted by atomic mass is 32.2. The largest absolute Gasteiger partial charge is 0.265 e. The van der Waals surface area contributed by atoms with Gasteiger partial charge in [0.2, 0.25) is 0 Å². The molecule has 5 nitrogen and oxygen atoms in total. The molecule has 5 rings (SSSR count). The summed E-state index contributed by atoms with van der Waals surface area (Å²) in [6, 6.07) is 3.54. The monoisotopic (exact) mass is 347 g/mol. The van der Waals surface area contributed by atoms with Crippen LogP contribution in [0.1, 0.15) is 44.9 Å². The van der Waals surface area contributed by atoms with Gasteiger partial charge in [0, 0.05) is 18.3 Å². The van der Waals surface area contributed by atoms with E-state index in [-0.39, 0.29) is 5.04 Å². The first kappa shape index (κ1) is 16.2. The Morgan fingerprint density at radius 2 is 2.12 bits per heavy atom. The Morgan fingerprint density at radius 3 is 2.83 bits per heavy atom. The van der Waals surface area contributed by atoms with E-state index in [1.165, 1.54) is 6.42 Å². The van der Waals surface area contributed by atoms with E-state index in [9.17, 15) is 8.42 Å². The maximum absolute atomic E-state index is 12.7. The minimum Gasteiger partial charge on any atom is -0.265 e. The number of sulfonamides is 1. The van der Waals surface area contributed by atoms with Crippen molar-refractivity contribution in [3.05, 3.63) is 29.6 Å². The number of aliphatic imine (C=N–C) groups is 1. The first-order chi connectivity index (χ1) is 11.3. The lowest BCUT2D eigenvalue weighted by atomic mass is 9.43. The average molecular weight is 347 g/mol. The van der Waals surface area contributed by atoms with Crippen LogP contribution < -0.4 is 4.72 Å². The summed E-state index contributed by atoms with van der Waals surface area (Å²) in [5.41, 5.74) is 1.81. The summed E-state index contributed by atoms with van der Waals surface area (Å²) >= 11 is 0. The first-order valence-corrected chi connectivity index (χ1v) is 10.3. The molecule has 1 N–H and O–H groups in total. The maximum atomic E-state index is 12.7. The van der Waals surface area contributed by atoms with Crippen LogP contribution >= 0.6 is 0 Å². The molecule has 2 heterocycles. The number of nitrogens with zero attached hydrogens (tertiary/aromatic N) is 2. The van der Waals surface area contributed by atoms with Crippen molar-refractivity contribution in [2.75, 3.05) is 6.54 Å². The van der Waals surface area contributed by atoms with Gasteiger partial charge in [0.15, 0.2) is 5.04 Å². The van der Waals surface area contributed by atoms with Gasteiger partial charge in [0.1, 0.15) is 0 Å². The van der Waals surface area contributed by atoms with Gasteiger partial charge in [-0.3, -0.25) is 9.98 Å². The van der Waals surface area contributed by atoms with E-state index in [1.807, 2.05) is 0 Å². The van der Waals surface area contributed by atoms with Gasteiger partial charge < -0.3 is 0 Å². The van der Waals surface area contributed by atoms with Crippen LogP contribution in [0.15, 0.2) is 23.3 Å². The molecule has 3 aliphatic carbocycles. The van der Waals surface area contributed by atoms with E-state index in [1.54, 1.807) is 18.3 Å². The smallest absolute Gasteiger partial charge is 0.258 e. The first-order valence-electron chi connectivity index (χ1n) is 8.79. The highest BCUT2D eigenvalue weighted by Crippen LogP contribution is 2.62. The Bertz CT molecular complexity index is 800. The van der Waals surface area contributed by atoms with Gasteiger partial charge in [-0.05, 0) is 54.1 Å². The van der Waals surface area contributed by atoms with Crippen LogP contribution in [0, 0.1) is 29.1 Å². The average Bonchev–Trinajstić information content (AvgIpc) is 2.98. The summed E-state index contributed by atoms with van der Waals surface area (Å²) in [5, 5.41) is 0.152. The van der Waals surface area contributed by atoms with Crippen LogP contribution in [0.2, 0.25) is 0 Å². The molecule has 1 aromatic rings. The van der Waals surface area contributed by atoms with Crippen molar-refractivity contribution in [3.63, 3.8) is 0 Å². The molecule has 3 saturated carbocycles. The van der Waals surface area contributed by atoms with Crippen LogP contribution in [0.5, 0.6) is 0 Å². The Kier molecular flexibility index (Phi) is 3.62. The van der Waals surface area contributed by atoms with E-state index in [2.05, 4.69) is 35.5 Å². The Labute approximate surface area is 144 Å². The van der Waals surface area contributed by atoms with Crippen molar-refractivity contribution < 1.29 is 8.42 Å². The molecule has 3 fully saturated rings. The normalized spacial score (nSPS) is 33.5. The van der Waals surface area contributed by atoms with E-state index in [0.717, 1.165) is 24.0 Å². The third-order valence-electron chi connectivity index (χ3n) is 6.79. The zero-order chi connectivity index (χ0) is 17.1. The molecule has 6 heteroatoms. The molecular formula is C18H25N3O2S. The van der Waals surface area contributed by atoms with E-state index >= 15 is 0 Å². The van der Waals surface area contributed by atoms with Crippen LogP contribution in [0.4, 0.5) is 0 Å². The molecule has 1 aromatic heterocycles. The van der Waals surface area contributed by atoms with E-state index in [4.69, 9.17) is 0 Å². The van der Waals surface area contributed by atoms with Gasteiger partial charge in [0.05, 0.1) is 12.2 Å². The third kappa shape index (κ3) is 2.34. The number of hydrogen-bond acceptors (Lipinski definition) is 4. The van der Waals surface area contributed by atoms with Crippen LogP contribution in [-0.2, 0) is 16.6 Å². The van der Waals surface area contributed by atoms with Crippen LogP contribution in [-0.4, -0.2) is 25.0 Å². The molecule has 0 unspecified atom stereocenters. The lowest BCUT2D eigenvalue weighted by Crippen LogP contribution is -2.56. The fourth-order valence-electron chi connectivity index (χ4n) is 5.03. The molecule has 0 radical (unpaired) electrons. The summed E-state index contributed by atoms with van der Waals surface area (Å²) in [4.78, 5) is 8.42. The van der Waals surface area contributed by atoms with Gasteiger partial charge in [0.25, 0.3) is 10.0 Å². The lowest BCUT2D eigenvalue weighted by Gasteiger charge is -2.62. The fourth-order valence-corrected chi connectivity index (χ4v) is 6.31.